The van der Waals surface area contributed by atoms with Crippen LogP contribution in [0.15, 0.2) is 108 Å². The summed E-state index contributed by atoms with van der Waals surface area (Å²) in [5, 5.41) is 11.5. The van der Waals surface area contributed by atoms with Crippen molar-refractivity contribution in [2.45, 2.75) is 0 Å². The van der Waals surface area contributed by atoms with Crippen LogP contribution in [0.2, 0.25) is 0 Å². The molecule has 1 heterocycles. The largest absolute Gasteiger partial charge is 0.494 e. The van der Waals surface area contributed by atoms with E-state index in [0.717, 1.165) is 11.3 Å². The van der Waals surface area contributed by atoms with Gasteiger partial charge >= 0.3 is 0 Å². The molecule has 1 amide bonds. The SMILES string of the molecule is CN(C)CCN(C(=O)c1ccccc1)c1ccc(N=C(c2ccccc2)c2c(O)[nH]c3cc(F)ccc23)cc1. The summed E-state index contributed by atoms with van der Waals surface area (Å²) < 4.78 is 13.9. The third kappa shape index (κ3) is 5.73. The first-order valence-corrected chi connectivity index (χ1v) is 12.7. The van der Waals surface area contributed by atoms with E-state index in [4.69, 9.17) is 4.99 Å². The van der Waals surface area contributed by atoms with Crippen molar-refractivity contribution < 1.29 is 14.3 Å². The van der Waals surface area contributed by atoms with Crippen molar-refractivity contribution in [3.63, 3.8) is 0 Å². The highest BCUT2D eigenvalue weighted by Crippen LogP contribution is 2.32. The second-order valence-corrected chi connectivity index (χ2v) is 9.51. The Morgan fingerprint density at radius 1 is 0.846 bits per heavy atom. The number of halogens is 1. The van der Waals surface area contributed by atoms with Crippen LogP contribution >= 0.6 is 0 Å². The maximum Gasteiger partial charge on any atom is 0.258 e. The Morgan fingerprint density at radius 2 is 1.49 bits per heavy atom. The van der Waals surface area contributed by atoms with E-state index in [-0.39, 0.29) is 11.8 Å². The number of hydrogen-bond acceptors (Lipinski definition) is 4. The molecule has 5 aromatic rings. The van der Waals surface area contributed by atoms with Gasteiger partial charge in [-0.15, -0.1) is 0 Å². The normalized spacial score (nSPS) is 11.7. The van der Waals surface area contributed by atoms with Crippen LogP contribution in [0.4, 0.5) is 15.8 Å². The smallest absolute Gasteiger partial charge is 0.258 e. The van der Waals surface area contributed by atoms with Gasteiger partial charge in [-0.05, 0) is 68.7 Å². The number of nitrogens with one attached hydrogen (secondary N) is 1. The maximum atomic E-state index is 13.9. The molecule has 0 bridgehead atoms. The minimum absolute atomic E-state index is 0.0744. The van der Waals surface area contributed by atoms with Crippen molar-refractivity contribution in [1.29, 1.82) is 0 Å². The van der Waals surface area contributed by atoms with Crippen LogP contribution < -0.4 is 4.90 Å². The molecule has 0 radical (unpaired) electrons. The minimum Gasteiger partial charge on any atom is -0.494 e. The van der Waals surface area contributed by atoms with E-state index in [0.29, 0.717) is 46.5 Å². The number of aliphatic imine (C=N–C) groups is 1. The molecule has 39 heavy (non-hydrogen) atoms. The first kappa shape index (κ1) is 25.9. The fraction of sp³-hybridized carbons (Fsp3) is 0.125. The number of carbonyl (C=O) groups excluding carboxylic acids is 1. The van der Waals surface area contributed by atoms with Gasteiger partial charge in [0.25, 0.3) is 5.91 Å². The van der Waals surface area contributed by atoms with Crippen molar-refractivity contribution in [2.75, 3.05) is 32.1 Å². The highest BCUT2D eigenvalue weighted by molar-refractivity contribution is 6.21. The van der Waals surface area contributed by atoms with Gasteiger partial charge in [0.15, 0.2) is 5.88 Å². The first-order valence-electron chi connectivity index (χ1n) is 12.7. The molecular formula is C32H29FN4O2. The number of nitrogens with zero attached hydrogens (tertiary/aromatic N) is 3. The summed E-state index contributed by atoms with van der Waals surface area (Å²) in [6, 6.07) is 30.6. The predicted octanol–water partition coefficient (Wildman–Crippen LogP) is 6.39. The van der Waals surface area contributed by atoms with Crippen LogP contribution in [0, 0.1) is 5.82 Å². The fourth-order valence-corrected chi connectivity index (χ4v) is 4.48. The van der Waals surface area contributed by atoms with Gasteiger partial charge in [0.05, 0.1) is 22.5 Å². The minimum atomic E-state index is -0.395. The number of amides is 1. The van der Waals surface area contributed by atoms with Gasteiger partial charge in [0, 0.05) is 35.3 Å². The lowest BCUT2D eigenvalue weighted by Crippen LogP contribution is -2.36. The van der Waals surface area contributed by atoms with Gasteiger partial charge in [-0.25, -0.2) is 9.38 Å². The summed E-state index contributed by atoms with van der Waals surface area (Å²) in [5.41, 5.74) is 4.35. The van der Waals surface area contributed by atoms with Gasteiger partial charge < -0.3 is 19.9 Å². The average Bonchev–Trinajstić information content (AvgIpc) is 3.27. The zero-order valence-electron chi connectivity index (χ0n) is 21.8. The number of aromatic nitrogens is 1. The Morgan fingerprint density at radius 3 is 2.13 bits per heavy atom. The molecule has 0 fully saturated rings. The van der Waals surface area contributed by atoms with E-state index in [1.54, 1.807) is 11.0 Å². The van der Waals surface area contributed by atoms with Gasteiger partial charge in [-0.2, -0.15) is 0 Å². The molecule has 0 spiro atoms. The number of fused-ring (bicyclic) bond motifs is 1. The molecule has 196 valence electrons. The second-order valence-electron chi connectivity index (χ2n) is 9.51. The maximum absolute atomic E-state index is 13.9. The van der Waals surface area contributed by atoms with E-state index in [1.807, 2.05) is 104 Å². The van der Waals surface area contributed by atoms with E-state index < -0.39 is 5.82 Å². The molecule has 0 unspecified atom stereocenters. The van der Waals surface area contributed by atoms with Crippen LogP contribution in [0.3, 0.4) is 0 Å². The van der Waals surface area contributed by atoms with Gasteiger partial charge in [-0.3, -0.25) is 4.79 Å². The van der Waals surface area contributed by atoms with Gasteiger partial charge in [-0.1, -0.05) is 48.5 Å². The number of anilines is 1. The number of aromatic amines is 1. The zero-order chi connectivity index (χ0) is 27.4. The topological polar surface area (TPSA) is 71.9 Å². The lowest BCUT2D eigenvalue weighted by molar-refractivity contribution is 0.0985. The number of likely N-dealkylation sites (N-methyl/N-ethyl adjacent to an activating group) is 1. The molecule has 0 saturated carbocycles. The highest BCUT2D eigenvalue weighted by Gasteiger charge is 2.20. The second kappa shape index (κ2) is 11.3. The fourth-order valence-electron chi connectivity index (χ4n) is 4.48. The zero-order valence-corrected chi connectivity index (χ0v) is 21.8. The molecule has 6 nitrogen and oxygen atoms in total. The molecule has 1 aromatic heterocycles. The Balaban J connectivity index is 1.55. The lowest BCUT2D eigenvalue weighted by Gasteiger charge is -2.25. The quantitative estimate of drug-likeness (QED) is 0.233. The third-order valence-corrected chi connectivity index (χ3v) is 6.46. The number of carbonyl (C=O) groups is 1. The summed E-state index contributed by atoms with van der Waals surface area (Å²) in [5.74, 6) is -0.555. The molecule has 0 saturated heterocycles. The Hall–Kier alpha value is -4.75. The first-order chi connectivity index (χ1) is 18.9. The van der Waals surface area contributed by atoms with Crippen molar-refractivity contribution in [2.24, 2.45) is 4.99 Å². The standard InChI is InChI=1S/C32H29FN4O2/c1-36(2)19-20-37(32(39)23-11-7-4-8-12-23)26-16-14-25(15-17-26)34-30(22-9-5-3-6-10-22)29-27-18-13-24(33)21-28(27)35-31(29)38/h3-18,21,35,38H,19-20H2,1-2H3. The van der Waals surface area contributed by atoms with Gasteiger partial charge in [0.1, 0.15) is 5.82 Å². The molecule has 0 aliphatic heterocycles. The van der Waals surface area contributed by atoms with Crippen LogP contribution in [-0.2, 0) is 0 Å². The predicted molar refractivity (Wildman–Crippen MR) is 155 cm³/mol. The number of benzene rings is 4. The Bertz CT molecular complexity index is 1610. The molecule has 0 aliphatic rings. The molecule has 4 aromatic carbocycles. The highest BCUT2D eigenvalue weighted by atomic mass is 19.1. The van der Waals surface area contributed by atoms with E-state index in [9.17, 15) is 14.3 Å². The summed E-state index contributed by atoms with van der Waals surface area (Å²) >= 11 is 0. The molecule has 7 heteroatoms. The van der Waals surface area contributed by atoms with Crippen molar-refractivity contribution in [3.05, 3.63) is 126 Å². The molecule has 0 atom stereocenters. The summed E-state index contributed by atoms with van der Waals surface area (Å²) in [6.07, 6.45) is 0. The molecular weight excluding hydrogens is 491 g/mol. The van der Waals surface area contributed by atoms with E-state index in [2.05, 4.69) is 4.98 Å². The van der Waals surface area contributed by atoms with E-state index in [1.165, 1.54) is 12.1 Å². The van der Waals surface area contributed by atoms with Crippen LogP contribution in [0.5, 0.6) is 5.88 Å². The monoisotopic (exact) mass is 520 g/mol. The number of aromatic hydroxyl groups is 1. The Kier molecular flexibility index (Phi) is 7.52. The lowest BCUT2D eigenvalue weighted by atomic mass is 10.0. The van der Waals surface area contributed by atoms with E-state index >= 15 is 0 Å². The van der Waals surface area contributed by atoms with Crippen molar-refractivity contribution in [3.8, 4) is 5.88 Å². The van der Waals surface area contributed by atoms with Crippen molar-refractivity contribution in [1.82, 2.24) is 9.88 Å². The van der Waals surface area contributed by atoms with Crippen LogP contribution in [0.1, 0.15) is 21.5 Å². The summed E-state index contributed by atoms with van der Waals surface area (Å²) in [6.45, 7) is 1.23. The van der Waals surface area contributed by atoms with Crippen LogP contribution in [0.25, 0.3) is 10.9 Å². The number of rotatable bonds is 8. The number of hydrogen-bond donors (Lipinski definition) is 2. The molecule has 0 aliphatic carbocycles. The van der Waals surface area contributed by atoms with Gasteiger partial charge in [0.2, 0.25) is 0 Å². The average molecular weight is 521 g/mol. The Labute approximate surface area is 226 Å². The third-order valence-electron chi connectivity index (χ3n) is 6.46. The molecule has 5 rings (SSSR count). The number of H-pyrrole nitrogens is 1. The van der Waals surface area contributed by atoms with Crippen LogP contribution in [-0.4, -0.2) is 53.8 Å². The molecule has 2 N–H and O–H groups in total. The van der Waals surface area contributed by atoms with Crippen molar-refractivity contribution >= 4 is 33.9 Å². The summed E-state index contributed by atoms with van der Waals surface area (Å²) in [4.78, 5) is 25.0. The summed E-state index contributed by atoms with van der Waals surface area (Å²) in [7, 11) is 3.95.